The molecule has 2 heteroatoms. The topological polar surface area (TPSA) is 52.0 Å². The Morgan fingerprint density at radius 1 is 0.482 bits per heavy atom. The summed E-state index contributed by atoms with van der Waals surface area (Å²) in [6.07, 6.45) is 35.4. The molecule has 12 rings (SSSR count). The van der Waals surface area contributed by atoms with Crippen molar-refractivity contribution in [3.05, 3.63) is 104 Å². The molecule has 4 N–H and O–H groups in total. The zero-order valence-electron chi connectivity index (χ0n) is 59.4. The van der Waals surface area contributed by atoms with E-state index >= 15 is 0 Å². The maximum Gasteiger partial charge on any atom is 0.00191 e. The Bertz CT molecular complexity index is 2750. The van der Waals surface area contributed by atoms with Crippen LogP contribution in [-0.2, 0) is 23.7 Å². The Balaban J connectivity index is 0.000000164. The Kier molecular flexibility index (Phi) is 20.0. The van der Waals surface area contributed by atoms with Crippen LogP contribution in [0.1, 0.15) is 325 Å². The fourth-order valence-corrected chi connectivity index (χ4v) is 22.9. The third kappa shape index (κ3) is 12.2. The Hall–Kier alpha value is -2.42. The lowest BCUT2D eigenvalue weighted by atomic mass is 9.43. The van der Waals surface area contributed by atoms with Crippen molar-refractivity contribution < 1.29 is 0 Å². The zero-order valence-corrected chi connectivity index (χ0v) is 59.4. The van der Waals surface area contributed by atoms with Crippen LogP contribution in [0, 0.1) is 85.8 Å². The largest absolute Gasteiger partial charge is 0.330 e. The summed E-state index contributed by atoms with van der Waals surface area (Å²) in [5.41, 5.74) is 35.0. The van der Waals surface area contributed by atoms with Crippen LogP contribution in [0.15, 0.2) is 70.3 Å². The molecule has 85 heavy (non-hydrogen) atoms. The van der Waals surface area contributed by atoms with Gasteiger partial charge in [0.25, 0.3) is 0 Å². The van der Waals surface area contributed by atoms with Gasteiger partial charge in [-0.1, -0.05) is 235 Å². The predicted molar refractivity (Wildman–Crippen MR) is 370 cm³/mol. The van der Waals surface area contributed by atoms with E-state index in [-0.39, 0.29) is 5.41 Å². The van der Waals surface area contributed by atoms with Crippen LogP contribution in [0.5, 0.6) is 0 Å². The second kappa shape index (κ2) is 25.3. The van der Waals surface area contributed by atoms with E-state index in [1.54, 1.807) is 27.8 Å². The molecule has 10 aliphatic rings. The minimum atomic E-state index is 0.280. The van der Waals surface area contributed by atoms with Crippen molar-refractivity contribution in [3.63, 3.8) is 0 Å². The highest BCUT2D eigenvalue weighted by atomic mass is 14.7. The molecule has 0 aromatic heterocycles. The summed E-state index contributed by atoms with van der Waals surface area (Å²) in [4.78, 5) is 0. The number of aryl methyl sites for hydroxylation is 2. The van der Waals surface area contributed by atoms with Crippen LogP contribution in [0.2, 0.25) is 0 Å². The highest BCUT2D eigenvalue weighted by molar-refractivity contribution is 5.48. The van der Waals surface area contributed by atoms with E-state index in [1.807, 2.05) is 22.3 Å². The number of nitrogens with two attached hydrogens (primary N) is 2. The molecule has 0 amide bonds. The van der Waals surface area contributed by atoms with E-state index in [0.29, 0.717) is 61.6 Å². The smallest absolute Gasteiger partial charge is 0.00191 e. The van der Waals surface area contributed by atoms with Crippen molar-refractivity contribution >= 4 is 0 Å². The third-order valence-corrected chi connectivity index (χ3v) is 28.1. The van der Waals surface area contributed by atoms with Crippen LogP contribution < -0.4 is 11.5 Å². The first-order valence-corrected chi connectivity index (χ1v) is 36.7. The number of fused-ring (bicyclic) bond motifs is 11. The molecule has 4 saturated carbocycles. The maximum absolute atomic E-state index is 6.72. The van der Waals surface area contributed by atoms with Gasteiger partial charge in [0, 0.05) is 5.92 Å². The molecule has 2 aromatic rings. The van der Waals surface area contributed by atoms with Gasteiger partial charge in [0.2, 0.25) is 0 Å². The summed E-state index contributed by atoms with van der Waals surface area (Å²) in [6, 6.07) is 14.7. The van der Waals surface area contributed by atoms with Gasteiger partial charge in [-0.05, 0) is 277 Å². The van der Waals surface area contributed by atoms with Crippen molar-refractivity contribution in [2.24, 2.45) is 97.2 Å². The molecule has 0 spiro atoms. The molecule has 13 atom stereocenters. The van der Waals surface area contributed by atoms with Crippen LogP contribution in [0.25, 0.3) is 0 Å². The van der Waals surface area contributed by atoms with Crippen LogP contribution in [0.3, 0.4) is 0 Å². The first-order chi connectivity index (χ1) is 39.9. The van der Waals surface area contributed by atoms with Gasteiger partial charge in [-0.25, -0.2) is 0 Å². The summed E-state index contributed by atoms with van der Waals surface area (Å²) in [7, 11) is 0. The molecular weight excluding hydrogens is 1020 g/mol. The molecule has 0 bridgehead atoms. The molecule has 0 aliphatic heterocycles. The SMILES string of the molecule is CC(C)C1=CC2=C(C3CC4C(C)(CN)CCCC4(C)C4=C3CC(C(C)C)CC4)CC3C(C)(C)CCCC3(C)C2CC1.CC(C)c1ccc2c(c1)CCC1C(C)(C)CCCC21C.CC(C)c1ccc2c(c1)CCC1C(C)(CN)CCCC21C.CCC. The average molecular weight is 1160 g/mol. The van der Waals surface area contributed by atoms with E-state index in [9.17, 15) is 0 Å². The number of hydrogen-bond donors (Lipinski definition) is 2. The molecule has 10 aliphatic carbocycles. The second-order valence-electron chi connectivity index (χ2n) is 35.7. The Labute approximate surface area is 526 Å². The van der Waals surface area contributed by atoms with Crippen molar-refractivity contribution in [1.82, 2.24) is 0 Å². The number of allylic oxidation sites excluding steroid dienone is 6. The summed E-state index contributed by atoms with van der Waals surface area (Å²) >= 11 is 0. The van der Waals surface area contributed by atoms with Gasteiger partial charge < -0.3 is 11.5 Å². The quantitative estimate of drug-likeness (QED) is 0.272. The predicted octanol–water partition coefficient (Wildman–Crippen LogP) is 23.1. The van der Waals surface area contributed by atoms with Crippen LogP contribution in [0.4, 0.5) is 0 Å². The summed E-state index contributed by atoms with van der Waals surface area (Å²) in [5.74, 6) is 8.16. The summed E-state index contributed by atoms with van der Waals surface area (Å²) in [6.45, 7) is 50.8. The standard InChI is InChI=1S/C40H65N.C20H31N.C20H30.C3H8/c1-25(2)27-12-14-33-31(20-27)29(22-35-37(5,6)16-10-18-39(33,35)8)30-23-36-38(7,24-41)17-11-19-40(36,9)34-15-13-28(26(3)4)21-32(30)34;1-14(2)15-6-8-17-16(12-15)7-9-18-19(3,13-21)10-5-11-20(17,18)4;1-14(2)15-7-9-17-16(13-15)8-10-18-19(3,4)11-6-12-20(17,18)5;1-3-2/h20,25-26,28,30,33,35-36H,10-19,21-24,41H2,1-9H3;6,8,12,14,18H,5,7,9-11,13,21H2,1-4H3;7,9,13-14,18H,6,8,10-12H2,1-5H3;3H2,1-2H3. The molecular formula is C83H134N2. The fourth-order valence-electron chi connectivity index (χ4n) is 22.9. The Morgan fingerprint density at radius 2 is 0.976 bits per heavy atom. The van der Waals surface area contributed by atoms with Crippen molar-refractivity contribution in [2.45, 2.75) is 315 Å². The molecule has 0 heterocycles. The van der Waals surface area contributed by atoms with Crippen molar-refractivity contribution in [3.8, 4) is 0 Å². The lowest BCUT2D eigenvalue weighted by Crippen LogP contribution is -2.54. The second-order valence-corrected chi connectivity index (χ2v) is 35.7. The minimum Gasteiger partial charge on any atom is -0.330 e. The lowest BCUT2D eigenvalue weighted by molar-refractivity contribution is -0.0473. The molecule has 4 fully saturated rings. The highest BCUT2D eigenvalue weighted by Crippen LogP contribution is 2.69. The van der Waals surface area contributed by atoms with E-state index in [2.05, 4.69) is 181 Å². The van der Waals surface area contributed by atoms with Crippen LogP contribution >= 0.6 is 0 Å². The van der Waals surface area contributed by atoms with E-state index in [4.69, 9.17) is 11.5 Å². The van der Waals surface area contributed by atoms with Gasteiger partial charge >= 0.3 is 0 Å². The van der Waals surface area contributed by atoms with E-state index < -0.39 is 0 Å². The van der Waals surface area contributed by atoms with Crippen LogP contribution in [-0.4, -0.2) is 13.1 Å². The molecule has 13 unspecified atom stereocenters. The first-order valence-electron chi connectivity index (χ1n) is 36.7. The van der Waals surface area contributed by atoms with Crippen molar-refractivity contribution in [2.75, 3.05) is 13.1 Å². The minimum absolute atomic E-state index is 0.280. The highest BCUT2D eigenvalue weighted by Gasteiger charge is 2.59. The zero-order chi connectivity index (χ0) is 62.0. The molecule has 2 aromatic carbocycles. The maximum atomic E-state index is 6.72. The summed E-state index contributed by atoms with van der Waals surface area (Å²) in [5, 5.41) is 0. The van der Waals surface area contributed by atoms with Gasteiger partial charge in [-0.15, -0.1) is 0 Å². The molecule has 476 valence electrons. The molecule has 2 nitrogen and oxygen atoms in total. The van der Waals surface area contributed by atoms with Gasteiger partial charge in [-0.3, -0.25) is 0 Å². The Morgan fingerprint density at radius 3 is 1.51 bits per heavy atom. The number of rotatable bonds is 7. The van der Waals surface area contributed by atoms with E-state index in [1.165, 1.54) is 165 Å². The monoisotopic (exact) mass is 1160 g/mol. The average Bonchev–Trinajstić information content (AvgIpc) is 1.01. The molecule has 0 saturated heterocycles. The van der Waals surface area contributed by atoms with Gasteiger partial charge in [0.05, 0.1) is 0 Å². The van der Waals surface area contributed by atoms with Gasteiger partial charge in [0.15, 0.2) is 0 Å². The van der Waals surface area contributed by atoms with Gasteiger partial charge in [0.1, 0.15) is 0 Å². The number of benzene rings is 2. The van der Waals surface area contributed by atoms with Gasteiger partial charge in [-0.2, -0.15) is 0 Å². The summed E-state index contributed by atoms with van der Waals surface area (Å²) < 4.78 is 0. The number of hydrogen-bond acceptors (Lipinski definition) is 2. The normalized spacial score (nSPS) is 37.8. The first kappa shape index (κ1) is 67.0. The lowest BCUT2D eigenvalue weighted by Gasteiger charge is -2.62. The fraction of sp³-hybridized carbons (Fsp3) is 0.783. The van der Waals surface area contributed by atoms with Crippen molar-refractivity contribution in [1.29, 1.82) is 0 Å². The molecule has 0 radical (unpaired) electrons. The third-order valence-electron chi connectivity index (χ3n) is 28.1. The van der Waals surface area contributed by atoms with E-state index in [0.717, 1.165) is 54.5 Å².